The molecule has 0 aliphatic carbocycles. The normalized spacial score (nSPS) is 18.7. The smallest absolute Gasteiger partial charge is 0.0594 e. The fraction of sp³-hybridized carbons (Fsp3) is 0.385. The van der Waals surface area contributed by atoms with Gasteiger partial charge in [-0.3, -0.25) is 4.90 Å². The Morgan fingerprint density at radius 3 is 2.62 bits per heavy atom. The van der Waals surface area contributed by atoms with E-state index in [0.29, 0.717) is 0 Å². The topological polar surface area (TPSA) is 12.5 Å². The first-order valence-electron chi connectivity index (χ1n) is 5.56. The predicted octanol–water partition coefficient (Wildman–Crippen LogP) is 2.60. The molecule has 0 atom stereocenters. The van der Waals surface area contributed by atoms with Crippen LogP contribution < -0.4 is 0 Å². The zero-order valence-electron chi connectivity index (χ0n) is 9.23. The van der Waals surface area contributed by atoms with Crippen LogP contribution in [0.4, 0.5) is 0 Å². The van der Waals surface area contributed by atoms with Crippen molar-refractivity contribution in [1.82, 2.24) is 4.90 Å². The summed E-state index contributed by atoms with van der Waals surface area (Å²) in [5, 5.41) is 0.883. The van der Waals surface area contributed by atoms with Crippen molar-refractivity contribution >= 4 is 17.7 Å². The second-order valence-corrected chi connectivity index (χ2v) is 4.38. The van der Waals surface area contributed by atoms with E-state index in [1.54, 1.807) is 0 Å². The molecule has 0 radical (unpaired) electrons. The summed E-state index contributed by atoms with van der Waals surface area (Å²) >= 11 is 6.23. The van der Waals surface area contributed by atoms with E-state index in [1.165, 1.54) is 0 Å². The average molecular weight is 238 g/mol. The molecule has 1 aliphatic heterocycles. The maximum Gasteiger partial charge on any atom is 0.0594 e. The van der Waals surface area contributed by atoms with E-state index in [4.69, 9.17) is 16.3 Å². The number of hydrogen-bond donors (Lipinski definition) is 0. The zero-order valence-corrected chi connectivity index (χ0v) is 9.99. The van der Waals surface area contributed by atoms with Gasteiger partial charge in [0.25, 0.3) is 0 Å². The van der Waals surface area contributed by atoms with Crippen molar-refractivity contribution in [3.63, 3.8) is 0 Å². The highest BCUT2D eigenvalue weighted by atomic mass is 35.5. The maximum atomic E-state index is 6.23. The van der Waals surface area contributed by atoms with Crippen LogP contribution >= 0.6 is 11.6 Å². The predicted molar refractivity (Wildman–Crippen MR) is 67.5 cm³/mol. The molecule has 0 spiro atoms. The van der Waals surface area contributed by atoms with Crippen LogP contribution in [-0.4, -0.2) is 37.7 Å². The first-order chi connectivity index (χ1) is 7.84. The van der Waals surface area contributed by atoms with Gasteiger partial charge in [0.1, 0.15) is 0 Å². The summed E-state index contributed by atoms with van der Waals surface area (Å²) in [5.41, 5.74) is 1.15. The standard InChI is InChI=1S/C13H16ClNO/c14-13(10-12-4-2-1-3-5-12)11-15-6-8-16-9-7-15/h1-5,10H,6-9,11H2. The molecule has 16 heavy (non-hydrogen) atoms. The first kappa shape index (κ1) is 11.6. The molecule has 1 fully saturated rings. The molecule has 1 saturated heterocycles. The van der Waals surface area contributed by atoms with E-state index in [2.05, 4.69) is 17.0 Å². The summed E-state index contributed by atoms with van der Waals surface area (Å²) in [6.07, 6.45) is 2.02. The third-order valence-electron chi connectivity index (χ3n) is 2.60. The van der Waals surface area contributed by atoms with E-state index >= 15 is 0 Å². The quantitative estimate of drug-likeness (QED) is 0.801. The van der Waals surface area contributed by atoms with E-state index < -0.39 is 0 Å². The van der Waals surface area contributed by atoms with Crippen LogP contribution in [0.1, 0.15) is 5.56 Å². The van der Waals surface area contributed by atoms with Gasteiger partial charge in [0.2, 0.25) is 0 Å². The van der Waals surface area contributed by atoms with Gasteiger partial charge in [-0.1, -0.05) is 41.9 Å². The van der Waals surface area contributed by atoms with Gasteiger partial charge in [0.15, 0.2) is 0 Å². The summed E-state index contributed by atoms with van der Waals surface area (Å²) in [6.45, 7) is 4.39. The van der Waals surface area contributed by atoms with Crippen molar-refractivity contribution in [2.45, 2.75) is 0 Å². The van der Waals surface area contributed by atoms with Crippen molar-refractivity contribution in [1.29, 1.82) is 0 Å². The zero-order chi connectivity index (χ0) is 11.2. The number of halogens is 1. The van der Waals surface area contributed by atoms with Crippen molar-refractivity contribution in [3.05, 3.63) is 40.9 Å². The molecule has 1 aromatic rings. The van der Waals surface area contributed by atoms with Gasteiger partial charge in [0.05, 0.1) is 13.2 Å². The van der Waals surface area contributed by atoms with Crippen LogP contribution in [0, 0.1) is 0 Å². The van der Waals surface area contributed by atoms with Crippen LogP contribution in [0.5, 0.6) is 0 Å². The van der Waals surface area contributed by atoms with Crippen molar-refractivity contribution in [3.8, 4) is 0 Å². The Morgan fingerprint density at radius 1 is 1.25 bits per heavy atom. The molecule has 0 bridgehead atoms. The molecular weight excluding hydrogens is 222 g/mol. The van der Waals surface area contributed by atoms with Gasteiger partial charge in [0, 0.05) is 24.7 Å². The van der Waals surface area contributed by atoms with E-state index in [-0.39, 0.29) is 0 Å². The van der Waals surface area contributed by atoms with Gasteiger partial charge < -0.3 is 4.74 Å². The summed E-state index contributed by atoms with van der Waals surface area (Å²) in [5.74, 6) is 0. The highest BCUT2D eigenvalue weighted by Gasteiger charge is 2.10. The monoisotopic (exact) mass is 237 g/mol. The fourth-order valence-corrected chi connectivity index (χ4v) is 2.04. The second-order valence-electron chi connectivity index (χ2n) is 3.89. The summed E-state index contributed by atoms with van der Waals surface area (Å²) in [6, 6.07) is 10.2. The molecule has 1 aromatic carbocycles. The Balaban J connectivity index is 1.91. The minimum absolute atomic E-state index is 0.815. The Bertz CT molecular complexity index is 344. The van der Waals surface area contributed by atoms with E-state index in [9.17, 15) is 0 Å². The van der Waals surface area contributed by atoms with Gasteiger partial charge in [-0.25, -0.2) is 0 Å². The molecule has 2 rings (SSSR count). The highest BCUT2D eigenvalue weighted by molar-refractivity contribution is 6.31. The fourth-order valence-electron chi connectivity index (χ4n) is 1.75. The lowest BCUT2D eigenvalue weighted by Crippen LogP contribution is -2.36. The second kappa shape index (κ2) is 6.04. The van der Waals surface area contributed by atoms with Crippen LogP contribution in [0.3, 0.4) is 0 Å². The Hall–Kier alpha value is -0.830. The highest BCUT2D eigenvalue weighted by Crippen LogP contribution is 2.12. The SMILES string of the molecule is ClC(=Cc1ccccc1)CN1CCOCC1. The number of ether oxygens (including phenoxy) is 1. The van der Waals surface area contributed by atoms with Crippen molar-refractivity contribution < 1.29 is 4.74 Å². The number of hydrogen-bond acceptors (Lipinski definition) is 2. The molecule has 86 valence electrons. The molecule has 0 aromatic heterocycles. The van der Waals surface area contributed by atoms with E-state index in [0.717, 1.165) is 43.4 Å². The minimum Gasteiger partial charge on any atom is -0.379 e. The lowest BCUT2D eigenvalue weighted by Gasteiger charge is -2.26. The molecule has 1 heterocycles. The first-order valence-corrected chi connectivity index (χ1v) is 5.93. The maximum absolute atomic E-state index is 6.23. The van der Waals surface area contributed by atoms with Gasteiger partial charge in [-0.05, 0) is 11.6 Å². The molecule has 0 saturated carbocycles. The Morgan fingerprint density at radius 2 is 1.94 bits per heavy atom. The van der Waals surface area contributed by atoms with Crippen molar-refractivity contribution in [2.24, 2.45) is 0 Å². The molecule has 2 nitrogen and oxygen atoms in total. The third-order valence-corrected chi connectivity index (χ3v) is 2.83. The number of nitrogens with zero attached hydrogens (tertiary/aromatic N) is 1. The largest absolute Gasteiger partial charge is 0.379 e. The molecule has 0 N–H and O–H groups in total. The Kier molecular flexibility index (Phi) is 4.40. The number of morpholine rings is 1. The van der Waals surface area contributed by atoms with Gasteiger partial charge >= 0.3 is 0 Å². The molecule has 0 unspecified atom stereocenters. The van der Waals surface area contributed by atoms with Gasteiger partial charge in [-0.2, -0.15) is 0 Å². The minimum atomic E-state index is 0.815. The molecule has 3 heteroatoms. The average Bonchev–Trinajstić information content (AvgIpc) is 2.31. The van der Waals surface area contributed by atoms with Crippen LogP contribution in [-0.2, 0) is 4.74 Å². The summed E-state index contributed by atoms with van der Waals surface area (Å²) in [4.78, 5) is 2.31. The lowest BCUT2D eigenvalue weighted by atomic mass is 10.2. The van der Waals surface area contributed by atoms with Crippen molar-refractivity contribution in [2.75, 3.05) is 32.8 Å². The number of benzene rings is 1. The van der Waals surface area contributed by atoms with Gasteiger partial charge in [-0.15, -0.1) is 0 Å². The summed E-state index contributed by atoms with van der Waals surface area (Å²) in [7, 11) is 0. The third kappa shape index (κ3) is 3.63. The van der Waals surface area contributed by atoms with Crippen LogP contribution in [0.2, 0.25) is 0 Å². The Labute approximate surface area is 101 Å². The van der Waals surface area contributed by atoms with Crippen LogP contribution in [0.15, 0.2) is 35.4 Å². The molecule has 0 amide bonds. The lowest BCUT2D eigenvalue weighted by molar-refractivity contribution is 0.0431. The molecule has 1 aliphatic rings. The number of rotatable bonds is 3. The summed E-state index contributed by atoms with van der Waals surface area (Å²) < 4.78 is 5.30. The van der Waals surface area contributed by atoms with Crippen LogP contribution in [0.25, 0.3) is 6.08 Å². The van der Waals surface area contributed by atoms with E-state index in [1.807, 2.05) is 24.3 Å². The molecular formula is C13H16ClNO.